The number of aliphatic carboxylic acids is 1. The van der Waals surface area contributed by atoms with Crippen molar-refractivity contribution < 1.29 is 38.8 Å². The number of unbranched alkanes of at least 4 members (excludes halogenated alkanes) is 8. The standard InChI is InChI=1S/C41H52ClNO8/c1-3-43(4-2)28-18-10-8-6-5-7-9-11-19-29-49-35-26-24-33(25-27-35)40(32-20-14-12-15-21-32)41(42,34-22-16-13-17-23-34)51-38(47)39(48,30-36(44)45)31-37(46)50-40/h12-17,20-27,48H,3-11,18-19,28-31H2,1-2H3,(H,44,45). The van der Waals surface area contributed by atoms with Gasteiger partial charge >= 0.3 is 17.9 Å². The lowest BCUT2D eigenvalue weighted by Crippen LogP contribution is -2.58. The number of alkyl halides is 1. The molecule has 0 amide bonds. The quantitative estimate of drug-likeness (QED) is 0.0680. The number of carbonyl (C=O) groups is 3. The number of esters is 2. The highest BCUT2D eigenvalue weighted by molar-refractivity contribution is 6.25. The lowest BCUT2D eigenvalue weighted by molar-refractivity contribution is -0.219. The van der Waals surface area contributed by atoms with E-state index in [1.807, 2.05) is 0 Å². The Hall–Kier alpha value is -3.92. The van der Waals surface area contributed by atoms with Gasteiger partial charge in [-0.25, -0.2) is 4.79 Å². The van der Waals surface area contributed by atoms with Crippen LogP contribution in [0.3, 0.4) is 0 Å². The van der Waals surface area contributed by atoms with E-state index in [-0.39, 0.29) is 5.56 Å². The molecule has 1 saturated heterocycles. The summed E-state index contributed by atoms with van der Waals surface area (Å²) in [6.07, 6.45) is 8.81. The van der Waals surface area contributed by atoms with Gasteiger partial charge < -0.3 is 29.3 Å². The summed E-state index contributed by atoms with van der Waals surface area (Å²) in [7, 11) is 0. The fourth-order valence-electron chi connectivity index (χ4n) is 6.70. The molecule has 0 aromatic heterocycles. The van der Waals surface area contributed by atoms with Gasteiger partial charge in [0, 0.05) is 16.7 Å². The van der Waals surface area contributed by atoms with Crippen molar-refractivity contribution in [2.45, 2.75) is 101 Å². The van der Waals surface area contributed by atoms with Crippen LogP contribution in [0, 0.1) is 0 Å². The minimum Gasteiger partial charge on any atom is -0.494 e. The van der Waals surface area contributed by atoms with Gasteiger partial charge in [-0.05, 0) is 44.6 Å². The lowest BCUT2D eigenvalue weighted by atomic mass is 9.77. The Balaban J connectivity index is 1.47. The van der Waals surface area contributed by atoms with Crippen LogP contribution in [0.15, 0.2) is 84.9 Å². The Bertz CT molecular complexity index is 1530. The number of carboxylic acids is 1. The number of hydrogen-bond acceptors (Lipinski definition) is 8. The van der Waals surface area contributed by atoms with E-state index in [2.05, 4.69) is 18.7 Å². The van der Waals surface area contributed by atoms with Crippen LogP contribution in [-0.2, 0) is 34.5 Å². The van der Waals surface area contributed by atoms with Gasteiger partial charge in [-0.2, -0.15) is 0 Å². The third-order valence-electron chi connectivity index (χ3n) is 9.58. The van der Waals surface area contributed by atoms with Gasteiger partial charge in [-0.1, -0.05) is 143 Å². The molecule has 2 N–H and O–H groups in total. The molecule has 51 heavy (non-hydrogen) atoms. The van der Waals surface area contributed by atoms with Gasteiger partial charge in [0.05, 0.1) is 19.4 Å². The summed E-state index contributed by atoms with van der Waals surface area (Å²) in [6.45, 7) is 8.45. The van der Waals surface area contributed by atoms with Crippen LogP contribution < -0.4 is 4.74 Å². The number of benzene rings is 3. The molecule has 1 aliphatic rings. The Morgan fingerprint density at radius 2 is 1.25 bits per heavy atom. The molecule has 3 atom stereocenters. The molecule has 0 aliphatic carbocycles. The van der Waals surface area contributed by atoms with Crippen LogP contribution in [0.2, 0.25) is 0 Å². The maximum atomic E-state index is 13.6. The van der Waals surface area contributed by atoms with Crippen molar-refractivity contribution in [1.29, 1.82) is 0 Å². The minimum absolute atomic E-state index is 0.242. The molecule has 276 valence electrons. The van der Waals surface area contributed by atoms with Crippen molar-refractivity contribution >= 4 is 29.5 Å². The molecular weight excluding hydrogens is 670 g/mol. The highest BCUT2D eigenvalue weighted by Crippen LogP contribution is 2.55. The smallest absolute Gasteiger partial charge is 0.341 e. The molecule has 1 fully saturated rings. The fraction of sp³-hybridized carbons (Fsp3) is 0.488. The second-order valence-electron chi connectivity index (χ2n) is 13.2. The largest absolute Gasteiger partial charge is 0.494 e. The monoisotopic (exact) mass is 721 g/mol. The van der Waals surface area contributed by atoms with Gasteiger partial charge in [0.15, 0.2) is 5.60 Å². The molecule has 10 heteroatoms. The van der Waals surface area contributed by atoms with E-state index in [0.717, 1.165) is 25.9 Å². The van der Waals surface area contributed by atoms with E-state index in [1.54, 1.807) is 84.9 Å². The second kappa shape index (κ2) is 19.1. The van der Waals surface area contributed by atoms with E-state index in [9.17, 15) is 24.6 Å². The fourth-order valence-corrected chi connectivity index (χ4v) is 7.15. The molecular formula is C41H52ClNO8. The van der Waals surface area contributed by atoms with Gasteiger partial charge in [0.2, 0.25) is 5.60 Å². The number of rotatable bonds is 20. The van der Waals surface area contributed by atoms with Crippen LogP contribution in [0.1, 0.15) is 101 Å². The highest BCUT2D eigenvalue weighted by Gasteiger charge is 2.64. The van der Waals surface area contributed by atoms with Gasteiger partial charge in [0.25, 0.3) is 5.06 Å². The third-order valence-corrected chi connectivity index (χ3v) is 10.1. The summed E-state index contributed by atoms with van der Waals surface area (Å²) in [5, 5.41) is 18.3. The SMILES string of the molecule is CCN(CC)CCCCCCCCCCCOc1ccc(C2(c3ccccc3)OC(=O)CC(O)(CC(=O)O)C(=O)OC2(Cl)c2ccccc2)cc1. The van der Waals surface area contributed by atoms with Crippen LogP contribution in [0.4, 0.5) is 0 Å². The molecule has 1 heterocycles. The highest BCUT2D eigenvalue weighted by atomic mass is 35.5. The second-order valence-corrected chi connectivity index (χ2v) is 13.8. The molecule has 0 spiro atoms. The van der Waals surface area contributed by atoms with E-state index in [1.165, 1.54) is 51.5 Å². The maximum Gasteiger partial charge on any atom is 0.341 e. The van der Waals surface area contributed by atoms with Crippen LogP contribution in [-0.4, -0.2) is 64.9 Å². The van der Waals surface area contributed by atoms with Crippen LogP contribution in [0.5, 0.6) is 5.75 Å². The summed E-state index contributed by atoms with van der Waals surface area (Å²) in [5.41, 5.74) is -3.66. The van der Waals surface area contributed by atoms with Crippen molar-refractivity contribution in [2.75, 3.05) is 26.2 Å². The summed E-state index contributed by atoms with van der Waals surface area (Å²) in [5.74, 6) is -3.28. The van der Waals surface area contributed by atoms with E-state index in [0.29, 0.717) is 23.5 Å². The van der Waals surface area contributed by atoms with Crippen molar-refractivity contribution in [3.63, 3.8) is 0 Å². The first-order valence-electron chi connectivity index (χ1n) is 18.2. The average molecular weight is 722 g/mol. The van der Waals surface area contributed by atoms with E-state index >= 15 is 0 Å². The number of aliphatic hydroxyl groups is 1. The molecule has 0 bridgehead atoms. The zero-order valence-corrected chi connectivity index (χ0v) is 30.6. The van der Waals surface area contributed by atoms with Crippen molar-refractivity contribution in [3.05, 3.63) is 102 Å². The van der Waals surface area contributed by atoms with E-state index < -0.39 is 47.0 Å². The van der Waals surface area contributed by atoms with Crippen molar-refractivity contribution in [2.24, 2.45) is 0 Å². The van der Waals surface area contributed by atoms with E-state index in [4.69, 9.17) is 25.8 Å². The molecule has 4 rings (SSSR count). The molecule has 1 aliphatic heterocycles. The lowest BCUT2D eigenvalue weighted by Gasteiger charge is -2.48. The minimum atomic E-state index is -2.70. The number of nitrogens with zero attached hydrogens (tertiary/aromatic N) is 1. The van der Waals surface area contributed by atoms with Gasteiger partial charge in [0.1, 0.15) is 5.75 Å². The normalized spacial score (nSPS) is 22.1. The Labute approximate surface area is 306 Å². The third kappa shape index (κ3) is 10.1. The predicted molar refractivity (Wildman–Crippen MR) is 196 cm³/mol. The Kier molecular flexibility index (Phi) is 14.9. The zero-order valence-electron chi connectivity index (χ0n) is 29.9. The number of hydrogen-bond donors (Lipinski definition) is 2. The first-order chi connectivity index (χ1) is 24.6. The van der Waals surface area contributed by atoms with Gasteiger partial charge in [-0.15, -0.1) is 0 Å². The maximum absolute atomic E-state index is 13.6. The Morgan fingerprint density at radius 1 is 0.745 bits per heavy atom. The number of carbonyl (C=O) groups excluding carboxylic acids is 2. The van der Waals surface area contributed by atoms with Gasteiger partial charge in [-0.3, -0.25) is 9.59 Å². The Morgan fingerprint density at radius 3 is 1.80 bits per heavy atom. The first kappa shape index (κ1) is 39.9. The summed E-state index contributed by atoms with van der Waals surface area (Å²) >= 11 is 7.43. The van der Waals surface area contributed by atoms with Crippen molar-refractivity contribution in [3.8, 4) is 5.75 Å². The number of cyclic esters (lactones) is 2. The molecule has 3 unspecified atom stereocenters. The first-order valence-corrected chi connectivity index (χ1v) is 18.6. The van der Waals surface area contributed by atoms with Crippen molar-refractivity contribution in [1.82, 2.24) is 4.90 Å². The molecule has 0 saturated carbocycles. The summed E-state index contributed by atoms with van der Waals surface area (Å²) < 4.78 is 18.2. The number of carboxylic acid groups (broad SMARTS) is 1. The molecule has 9 nitrogen and oxygen atoms in total. The predicted octanol–water partition coefficient (Wildman–Crippen LogP) is 7.95. The topological polar surface area (TPSA) is 123 Å². The zero-order chi connectivity index (χ0) is 36.7. The van der Waals surface area contributed by atoms with Crippen LogP contribution >= 0.6 is 11.6 Å². The summed E-state index contributed by atoms with van der Waals surface area (Å²) in [4.78, 5) is 41.4. The summed E-state index contributed by atoms with van der Waals surface area (Å²) in [6, 6.07) is 23.9. The average Bonchev–Trinajstić information content (AvgIpc) is 3.12. The molecule has 0 radical (unpaired) electrons. The number of ether oxygens (including phenoxy) is 3. The van der Waals surface area contributed by atoms with Crippen LogP contribution in [0.25, 0.3) is 0 Å². The molecule has 3 aromatic rings. The molecule has 3 aromatic carbocycles. The number of halogens is 1.